The Morgan fingerprint density at radius 1 is 1.44 bits per heavy atom. The molecule has 2 heterocycles. The van der Waals surface area contributed by atoms with Crippen LogP contribution in [0.1, 0.15) is 35.3 Å². The minimum absolute atomic E-state index is 0.236. The van der Waals surface area contributed by atoms with Crippen LogP contribution in [0.2, 0.25) is 0 Å². The second kappa shape index (κ2) is 5.18. The molecule has 0 atom stereocenters. The second-order valence-corrected chi connectivity index (χ2v) is 4.90. The summed E-state index contributed by atoms with van der Waals surface area (Å²) in [5.41, 5.74) is -0.251. The summed E-state index contributed by atoms with van der Waals surface area (Å²) in [5.74, 6) is -1.05. The normalized spacial score (nSPS) is 10.7. The first-order valence-corrected chi connectivity index (χ1v) is 6.15. The monoisotopic (exact) mass is 266 g/mol. The maximum absolute atomic E-state index is 13.3. The molecule has 0 radical (unpaired) electrons. The summed E-state index contributed by atoms with van der Waals surface area (Å²) in [7, 11) is 0. The van der Waals surface area contributed by atoms with Gasteiger partial charge in [-0.1, -0.05) is 25.2 Å². The maximum atomic E-state index is 13.3. The van der Waals surface area contributed by atoms with Crippen molar-refractivity contribution in [2.45, 2.75) is 19.8 Å². The van der Waals surface area contributed by atoms with Gasteiger partial charge in [0, 0.05) is 12.1 Å². The summed E-state index contributed by atoms with van der Waals surface area (Å²) in [6.07, 6.45) is 1.36. The smallest absolute Gasteiger partial charge is 0.279 e. The lowest BCUT2D eigenvalue weighted by Gasteiger charge is -2.00. The number of carbonyl (C=O) groups is 1. The fraction of sp³-hybridized carbons (Fsp3) is 0.273. The molecule has 0 saturated heterocycles. The van der Waals surface area contributed by atoms with Gasteiger partial charge in [0.15, 0.2) is 11.5 Å². The van der Waals surface area contributed by atoms with Crippen molar-refractivity contribution < 1.29 is 9.18 Å². The van der Waals surface area contributed by atoms with Crippen molar-refractivity contribution in [2.24, 2.45) is 0 Å². The van der Waals surface area contributed by atoms with Crippen LogP contribution in [0.15, 0.2) is 18.3 Å². The fourth-order valence-electron chi connectivity index (χ4n) is 1.23. The predicted molar refractivity (Wildman–Crippen MR) is 66.1 cm³/mol. The topological polar surface area (TPSA) is 67.8 Å². The van der Waals surface area contributed by atoms with E-state index >= 15 is 0 Å². The van der Waals surface area contributed by atoms with Gasteiger partial charge in [-0.05, 0) is 12.1 Å². The summed E-state index contributed by atoms with van der Waals surface area (Å²) < 4.78 is 13.3. The van der Waals surface area contributed by atoms with E-state index in [1.807, 2.05) is 13.8 Å². The SMILES string of the molecule is CC(C)c1nnc(NC(=O)c2ncccc2F)s1. The third kappa shape index (κ3) is 2.67. The highest BCUT2D eigenvalue weighted by Gasteiger charge is 2.15. The van der Waals surface area contributed by atoms with Gasteiger partial charge in [-0.25, -0.2) is 9.37 Å². The Labute approximate surface area is 107 Å². The molecule has 0 aromatic carbocycles. The van der Waals surface area contributed by atoms with Crippen molar-refractivity contribution in [3.8, 4) is 0 Å². The Balaban J connectivity index is 2.14. The first kappa shape index (κ1) is 12.6. The van der Waals surface area contributed by atoms with E-state index in [2.05, 4.69) is 20.5 Å². The molecule has 0 spiro atoms. The molecule has 1 N–H and O–H groups in total. The molecule has 2 aromatic heterocycles. The predicted octanol–water partition coefficient (Wildman–Crippen LogP) is 2.45. The van der Waals surface area contributed by atoms with Gasteiger partial charge in [0.05, 0.1) is 0 Å². The van der Waals surface area contributed by atoms with E-state index in [-0.39, 0.29) is 11.6 Å². The van der Waals surface area contributed by atoms with E-state index in [4.69, 9.17) is 0 Å². The Morgan fingerprint density at radius 2 is 2.22 bits per heavy atom. The number of amides is 1. The lowest BCUT2D eigenvalue weighted by atomic mass is 10.2. The number of nitrogens with zero attached hydrogens (tertiary/aromatic N) is 3. The van der Waals surface area contributed by atoms with Crippen LogP contribution in [0.25, 0.3) is 0 Å². The molecular weight excluding hydrogens is 255 g/mol. The number of nitrogens with one attached hydrogen (secondary N) is 1. The summed E-state index contributed by atoms with van der Waals surface area (Å²) in [6.45, 7) is 3.95. The molecule has 94 valence electrons. The number of rotatable bonds is 3. The van der Waals surface area contributed by atoms with Gasteiger partial charge in [-0.2, -0.15) is 0 Å². The molecule has 18 heavy (non-hydrogen) atoms. The average Bonchev–Trinajstić information content (AvgIpc) is 2.78. The zero-order valence-electron chi connectivity index (χ0n) is 9.85. The highest BCUT2D eigenvalue weighted by atomic mass is 32.1. The van der Waals surface area contributed by atoms with Gasteiger partial charge in [-0.15, -0.1) is 10.2 Å². The first-order chi connectivity index (χ1) is 8.58. The number of pyridine rings is 1. The van der Waals surface area contributed by atoms with Crippen LogP contribution >= 0.6 is 11.3 Å². The minimum atomic E-state index is -0.663. The van der Waals surface area contributed by atoms with Gasteiger partial charge in [0.1, 0.15) is 5.01 Å². The van der Waals surface area contributed by atoms with Crippen molar-refractivity contribution in [3.05, 3.63) is 34.8 Å². The molecule has 5 nitrogen and oxygen atoms in total. The molecule has 0 fully saturated rings. The number of hydrogen-bond acceptors (Lipinski definition) is 5. The maximum Gasteiger partial charge on any atom is 0.279 e. The number of halogens is 1. The quantitative estimate of drug-likeness (QED) is 0.926. The Hall–Kier alpha value is -1.89. The molecule has 2 rings (SSSR count). The van der Waals surface area contributed by atoms with E-state index in [1.54, 1.807) is 0 Å². The highest BCUT2D eigenvalue weighted by Crippen LogP contribution is 2.22. The molecule has 0 aliphatic carbocycles. The van der Waals surface area contributed by atoms with Crippen molar-refractivity contribution in [3.63, 3.8) is 0 Å². The van der Waals surface area contributed by atoms with Gasteiger partial charge in [0.25, 0.3) is 5.91 Å². The highest BCUT2D eigenvalue weighted by molar-refractivity contribution is 7.15. The van der Waals surface area contributed by atoms with Crippen molar-refractivity contribution >= 4 is 22.4 Å². The van der Waals surface area contributed by atoms with Crippen LogP contribution in [0.5, 0.6) is 0 Å². The summed E-state index contributed by atoms with van der Waals surface area (Å²) in [5, 5.41) is 11.4. The van der Waals surface area contributed by atoms with Crippen LogP contribution in [0.3, 0.4) is 0 Å². The number of carbonyl (C=O) groups excluding carboxylic acids is 1. The van der Waals surface area contributed by atoms with Crippen molar-refractivity contribution in [1.29, 1.82) is 0 Å². The summed E-state index contributed by atoms with van der Waals surface area (Å²) in [4.78, 5) is 15.4. The van der Waals surface area contributed by atoms with E-state index in [1.165, 1.54) is 29.7 Å². The molecule has 1 amide bonds. The minimum Gasteiger partial charge on any atom is -0.295 e. The summed E-state index contributed by atoms with van der Waals surface area (Å²) >= 11 is 1.27. The van der Waals surface area contributed by atoms with E-state index in [0.717, 1.165) is 5.01 Å². The molecular formula is C11H11FN4OS. The average molecular weight is 266 g/mol. The third-order valence-corrected chi connectivity index (χ3v) is 3.27. The molecule has 0 aliphatic rings. The van der Waals surface area contributed by atoms with E-state index < -0.39 is 11.7 Å². The summed E-state index contributed by atoms with van der Waals surface area (Å²) in [6, 6.07) is 2.61. The van der Waals surface area contributed by atoms with Gasteiger partial charge in [0.2, 0.25) is 5.13 Å². The van der Waals surface area contributed by atoms with Gasteiger partial charge < -0.3 is 0 Å². The zero-order chi connectivity index (χ0) is 13.1. The van der Waals surface area contributed by atoms with Crippen molar-refractivity contribution in [2.75, 3.05) is 5.32 Å². The third-order valence-electron chi connectivity index (χ3n) is 2.13. The Kier molecular flexibility index (Phi) is 3.61. The van der Waals surface area contributed by atoms with Crippen LogP contribution < -0.4 is 5.32 Å². The van der Waals surface area contributed by atoms with Crippen LogP contribution in [0.4, 0.5) is 9.52 Å². The van der Waals surface area contributed by atoms with Crippen LogP contribution in [0, 0.1) is 5.82 Å². The Bertz CT molecular complexity index is 570. The van der Waals surface area contributed by atoms with Crippen LogP contribution in [-0.2, 0) is 0 Å². The Morgan fingerprint density at radius 3 is 2.83 bits per heavy atom. The van der Waals surface area contributed by atoms with E-state index in [0.29, 0.717) is 5.13 Å². The number of anilines is 1. The lowest BCUT2D eigenvalue weighted by Crippen LogP contribution is -2.15. The zero-order valence-corrected chi connectivity index (χ0v) is 10.7. The molecule has 2 aromatic rings. The second-order valence-electron chi connectivity index (χ2n) is 3.89. The fourth-order valence-corrected chi connectivity index (χ4v) is 1.97. The lowest BCUT2D eigenvalue weighted by molar-refractivity contribution is 0.101. The van der Waals surface area contributed by atoms with Crippen LogP contribution in [-0.4, -0.2) is 21.1 Å². The molecule has 0 aliphatic heterocycles. The molecule has 0 bridgehead atoms. The first-order valence-electron chi connectivity index (χ1n) is 5.33. The van der Waals surface area contributed by atoms with E-state index in [9.17, 15) is 9.18 Å². The number of hydrogen-bond donors (Lipinski definition) is 1. The van der Waals surface area contributed by atoms with Gasteiger partial charge in [-0.3, -0.25) is 10.1 Å². The van der Waals surface area contributed by atoms with Gasteiger partial charge >= 0.3 is 0 Å². The molecule has 0 unspecified atom stereocenters. The molecule has 0 saturated carbocycles. The van der Waals surface area contributed by atoms with Crippen molar-refractivity contribution in [1.82, 2.24) is 15.2 Å². The number of aromatic nitrogens is 3. The standard InChI is InChI=1S/C11H11FN4OS/c1-6(2)10-15-16-11(18-10)14-9(17)8-7(12)4-3-5-13-8/h3-6H,1-2H3,(H,14,16,17). The molecule has 7 heteroatoms. The largest absolute Gasteiger partial charge is 0.295 e.